The average Bonchev–Trinajstić information content (AvgIpc) is 2.30. The van der Waals surface area contributed by atoms with Gasteiger partial charge < -0.3 is 9.90 Å². The Morgan fingerprint density at radius 3 is 2.53 bits per heavy atom. The smallest absolute Gasteiger partial charge is 0.116 e. The van der Waals surface area contributed by atoms with E-state index in [9.17, 15) is 9.90 Å². The first kappa shape index (κ1) is 9.33. The largest absolute Gasteiger partial charge is 0.543 e. The van der Waals surface area contributed by atoms with E-state index in [-0.39, 0.29) is 5.69 Å². The second-order valence-corrected chi connectivity index (χ2v) is 2.94. The van der Waals surface area contributed by atoms with E-state index in [0.717, 1.165) is 5.56 Å². The fourth-order valence-corrected chi connectivity index (χ4v) is 1.24. The van der Waals surface area contributed by atoms with Crippen LogP contribution in [0.25, 0.3) is 11.3 Å². The predicted molar refractivity (Wildman–Crippen MR) is 51.8 cm³/mol. The summed E-state index contributed by atoms with van der Waals surface area (Å²) in [5, 5.41) is 10.6. The zero-order chi connectivity index (χ0) is 10.7. The SMILES string of the molecule is O=C([O-])c1cc(-c2ccccc2)ncn1. The first-order valence-corrected chi connectivity index (χ1v) is 4.36. The second kappa shape index (κ2) is 3.88. The highest BCUT2D eigenvalue weighted by Crippen LogP contribution is 2.15. The Morgan fingerprint density at radius 1 is 1.13 bits per heavy atom. The number of aromatic carboxylic acids is 1. The van der Waals surface area contributed by atoms with Gasteiger partial charge in [-0.1, -0.05) is 30.3 Å². The topological polar surface area (TPSA) is 65.9 Å². The van der Waals surface area contributed by atoms with E-state index in [4.69, 9.17) is 0 Å². The fourth-order valence-electron chi connectivity index (χ4n) is 1.24. The molecule has 4 heteroatoms. The van der Waals surface area contributed by atoms with Crippen molar-refractivity contribution >= 4 is 5.97 Å². The lowest BCUT2D eigenvalue weighted by molar-refractivity contribution is -0.255. The molecule has 0 N–H and O–H groups in total. The van der Waals surface area contributed by atoms with Crippen LogP contribution >= 0.6 is 0 Å². The van der Waals surface area contributed by atoms with Crippen molar-refractivity contribution in [2.45, 2.75) is 0 Å². The van der Waals surface area contributed by atoms with Crippen LogP contribution in [0, 0.1) is 0 Å². The van der Waals surface area contributed by atoms with Crippen molar-refractivity contribution in [2.24, 2.45) is 0 Å². The van der Waals surface area contributed by atoms with Crippen LogP contribution in [0.5, 0.6) is 0 Å². The molecule has 0 saturated carbocycles. The maximum atomic E-state index is 10.6. The van der Waals surface area contributed by atoms with Gasteiger partial charge in [0, 0.05) is 5.56 Å². The molecular weight excluding hydrogens is 192 g/mol. The lowest BCUT2D eigenvalue weighted by Gasteiger charge is -2.03. The summed E-state index contributed by atoms with van der Waals surface area (Å²) in [5.74, 6) is -1.30. The molecule has 0 saturated heterocycles. The molecule has 2 rings (SSSR count). The zero-order valence-electron chi connectivity index (χ0n) is 7.75. The highest BCUT2D eigenvalue weighted by atomic mass is 16.4. The third kappa shape index (κ3) is 1.99. The zero-order valence-corrected chi connectivity index (χ0v) is 7.75. The quantitative estimate of drug-likeness (QED) is 0.706. The first-order chi connectivity index (χ1) is 7.27. The van der Waals surface area contributed by atoms with Gasteiger partial charge in [0.25, 0.3) is 0 Å². The van der Waals surface area contributed by atoms with Gasteiger partial charge in [0.15, 0.2) is 0 Å². The molecular formula is C11H7N2O2-. The number of aromatic nitrogens is 2. The van der Waals surface area contributed by atoms with Gasteiger partial charge in [-0.3, -0.25) is 0 Å². The molecule has 0 aliphatic rings. The number of hydrogen-bond acceptors (Lipinski definition) is 4. The van der Waals surface area contributed by atoms with Crippen LogP contribution in [0.3, 0.4) is 0 Å². The van der Waals surface area contributed by atoms with Crippen LogP contribution in [-0.2, 0) is 0 Å². The Morgan fingerprint density at radius 2 is 1.87 bits per heavy atom. The van der Waals surface area contributed by atoms with Crippen molar-refractivity contribution in [3.8, 4) is 11.3 Å². The van der Waals surface area contributed by atoms with Gasteiger partial charge in [-0.05, 0) is 6.07 Å². The van der Waals surface area contributed by atoms with E-state index in [1.54, 1.807) is 0 Å². The molecule has 1 heterocycles. The summed E-state index contributed by atoms with van der Waals surface area (Å²) in [6.07, 6.45) is 1.22. The fraction of sp³-hybridized carbons (Fsp3) is 0. The van der Waals surface area contributed by atoms with Gasteiger partial charge >= 0.3 is 0 Å². The molecule has 0 atom stereocenters. The molecule has 0 radical (unpaired) electrons. The van der Waals surface area contributed by atoms with E-state index in [0.29, 0.717) is 5.69 Å². The van der Waals surface area contributed by atoms with E-state index < -0.39 is 5.97 Å². The Kier molecular flexibility index (Phi) is 2.41. The maximum absolute atomic E-state index is 10.6. The minimum absolute atomic E-state index is 0.108. The van der Waals surface area contributed by atoms with Gasteiger partial charge in [-0.25, -0.2) is 9.97 Å². The lowest BCUT2D eigenvalue weighted by Crippen LogP contribution is -2.23. The van der Waals surface area contributed by atoms with E-state index in [2.05, 4.69) is 9.97 Å². The lowest BCUT2D eigenvalue weighted by atomic mass is 10.1. The third-order valence-electron chi connectivity index (χ3n) is 1.95. The molecule has 0 unspecified atom stereocenters. The minimum Gasteiger partial charge on any atom is -0.543 e. The highest BCUT2D eigenvalue weighted by Gasteiger charge is 2.01. The monoisotopic (exact) mass is 199 g/mol. The van der Waals surface area contributed by atoms with E-state index >= 15 is 0 Å². The summed E-state index contributed by atoms with van der Waals surface area (Å²) >= 11 is 0. The van der Waals surface area contributed by atoms with Gasteiger partial charge in [0.05, 0.1) is 17.4 Å². The molecule has 4 nitrogen and oxygen atoms in total. The van der Waals surface area contributed by atoms with Crippen LogP contribution in [0.2, 0.25) is 0 Å². The van der Waals surface area contributed by atoms with Crippen molar-refractivity contribution in [1.82, 2.24) is 9.97 Å². The Balaban J connectivity index is 2.46. The number of rotatable bonds is 2. The number of carbonyl (C=O) groups excluding carboxylic acids is 1. The van der Waals surface area contributed by atoms with Gasteiger partial charge in [0.2, 0.25) is 0 Å². The number of benzene rings is 1. The third-order valence-corrected chi connectivity index (χ3v) is 1.95. The number of nitrogens with zero attached hydrogens (tertiary/aromatic N) is 2. The van der Waals surface area contributed by atoms with Crippen LogP contribution in [0.15, 0.2) is 42.7 Å². The Hall–Kier alpha value is -2.23. The van der Waals surface area contributed by atoms with Crippen molar-refractivity contribution in [1.29, 1.82) is 0 Å². The summed E-state index contributed by atoms with van der Waals surface area (Å²) in [6, 6.07) is 10.7. The number of carboxylic acid groups (broad SMARTS) is 1. The summed E-state index contributed by atoms with van der Waals surface area (Å²) in [4.78, 5) is 18.2. The van der Waals surface area contributed by atoms with Crippen LogP contribution in [0.4, 0.5) is 0 Å². The molecule has 0 aliphatic carbocycles. The molecule has 1 aromatic carbocycles. The molecule has 2 aromatic rings. The van der Waals surface area contributed by atoms with Gasteiger partial charge in [-0.15, -0.1) is 0 Å². The molecule has 0 amide bonds. The molecule has 0 spiro atoms. The highest BCUT2D eigenvalue weighted by molar-refractivity contribution is 5.84. The maximum Gasteiger partial charge on any atom is 0.116 e. The average molecular weight is 199 g/mol. The molecule has 15 heavy (non-hydrogen) atoms. The summed E-state index contributed by atoms with van der Waals surface area (Å²) in [6.45, 7) is 0. The van der Waals surface area contributed by atoms with Crippen molar-refractivity contribution in [3.05, 3.63) is 48.4 Å². The molecule has 74 valence electrons. The normalized spacial score (nSPS) is 9.87. The molecule has 1 aromatic heterocycles. The van der Waals surface area contributed by atoms with Gasteiger partial charge in [-0.2, -0.15) is 0 Å². The van der Waals surface area contributed by atoms with E-state index in [1.165, 1.54) is 12.4 Å². The summed E-state index contributed by atoms with van der Waals surface area (Å²) in [7, 11) is 0. The number of carbonyl (C=O) groups is 1. The standard InChI is InChI=1S/C11H8N2O2/c14-11(15)10-6-9(12-7-13-10)8-4-2-1-3-5-8/h1-7H,(H,14,15)/p-1. The summed E-state index contributed by atoms with van der Waals surface area (Å²) < 4.78 is 0. The van der Waals surface area contributed by atoms with Crippen LogP contribution in [0.1, 0.15) is 10.5 Å². The number of carboxylic acids is 1. The van der Waals surface area contributed by atoms with Crippen molar-refractivity contribution in [3.63, 3.8) is 0 Å². The van der Waals surface area contributed by atoms with E-state index in [1.807, 2.05) is 30.3 Å². The van der Waals surface area contributed by atoms with Gasteiger partial charge in [0.1, 0.15) is 6.33 Å². The Bertz CT molecular complexity index is 483. The molecule has 0 aliphatic heterocycles. The predicted octanol–water partition coefficient (Wildman–Crippen LogP) is 0.507. The summed E-state index contributed by atoms with van der Waals surface area (Å²) in [5.41, 5.74) is 1.32. The second-order valence-electron chi connectivity index (χ2n) is 2.94. The minimum atomic E-state index is -1.30. The van der Waals surface area contributed by atoms with Crippen molar-refractivity contribution in [2.75, 3.05) is 0 Å². The van der Waals surface area contributed by atoms with Crippen LogP contribution in [-0.4, -0.2) is 15.9 Å². The molecule has 0 fully saturated rings. The first-order valence-electron chi connectivity index (χ1n) is 4.36. The molecule has 0 bridgehead atoms. The Labute approximate surface area is 86.2 Å². The van der Waals surface area contributed by atoms with Crippen LogP contribution < -0.4 is 5.11 Å². The number of hydrogen-bond donors (Lipinski definition) is 0. The van der Waals surface area contributed by atoms with Crippen molar-refractivity contribution < 1.29 is 9.90 Å².